The average Bonchev–Trinajstić information content (AvgIpc) is 3.16. The second-order valence-corrected chi connectivity index (χ2v) is 7.34. The van der Waals surface area contributed by atoms with Crippen LogP contribution < -0.4 is 5.73 Å². The highest BCUT2D eigenvalue weighted by atomic mass is 32.1. The van der Waals surface area contributed by atoms with Crippen molar-refractivity contribution in [2.24, 2.45) is 0 Å². The van der Waals surface area contributed by atoms with Gasteiger partial charge in [0.2, 0.25) is 0 Å². The summed E-state index contributed by atoms with van der Waals surface area (Å²) in [4.78, 5) is 9.61. The molecule has 2 N–H and O–H groups in total. The highest BCUT2D eigenvalue weighted by Crippen LogP contribution is 2.26. The van der Waals surface area contributed by atoms with Crippen molar-refractivity contribution in [1.29, 1.82) is 0 Å². The van der Waals surface area contributed by atoms with Crippen LogP contribution in [0.15, 0.2) is 18.2 Å². The number of nitrogens with zero attached hydrogens (tertiary/aromatic N) is 3. The minimum absolute atomic E-state index is 0.664. The van der Waals surface area contributed by atoms with E-state index in [0.717, 1.165) is 18.1 Å². The first-order valence-electron chi connectivity index (χ1n) is 7.89. The van der Waals surface area contributed by atoms with Crippen molar-refractivity contribution in [2.75, 3.05) is 31.9 Å². The normalized spacial score (nSPS) is 24.3. The van der Waals surface area contributed by atoms with Crippen molar-refractivity contribution in [3.63, 3.8) is 0 Å². The second-order valence-electron chi connectivity index (χ2n) is 6.27. The summed E-state index contributed by atoms with van der Waals surface area (Å²) < 4.78 is 1.21. The molecule has 0 aliphatic carbocycles. The summed E-state index contributed by atoms with van der Waals surface area (Å²) in [5.41, 5.74) is 8.19. The number of fused-ring (bicyclic) bond motifs is 1. The van der Waals surface area contributed by atoms with E-state index in [2.05, 4.69) is 33.0 Å². The third-order valence-corrected chi connectivity index (χ3v) is 5.63. The molecule has 0 radical (unpaired) electrons. The van der Waals surface area contributed by atoms with Crippen LogP contribution in [0, 0.1) is 0 Å². The molecule has 1 atom stereocenters. The van der Waals surface area contributed by atoms with Crippen molar-refractivity contribution >= 4 is 26.7 Å². The number of benzene rings is 1. The Kier molecular flexibility index (Phi) is 3.57. The molecule has 1 aromatic carbocycles. The van der Waals surface area contributed by atoms with E-state index < -0.39 is 0 Å². The molecule has 0 spiro atoms. The predicted molar refractivity (Wildman–Crippen MR) is 88.5 cm³/mol. The number of aromatic nitrogens is 1. The first-order chi connectivity index (χ1) is 10.3. The Bertz CT molecular complexity index is 632. The minimum atomic E-state index is 0.664. The van der Waals surface area contributed by atoms with Gasteiger partial charge in [-0.3, -0.25) is 9.80 Å². The highest BCUT2D eigenvalue weighted by molar-refractivity contribution is 7.22. The Labute approximate surface area is 129 Å². The Balaban J connectivity index is 1.42. The van der Waals surface area contributed by atoms with Gasteiger partial charge in [-0.25, -0.2) is 4.98 Å². The van der Waals surface area contributed by atoms with Crippen molar-refractivity contribution in [3.05, 3.63) is 23.8 Å². The van der Waals surface area contributed by atoms with Gasteiger partial charge in [0, 0.05) is 25.7 Å². The summed E-state index contributed by atoms with van der Waals surface area (Å²) in [6, 6.07) is 7.35. The van der Waals surface area contributed by atoms with E-state index >= 15 is 0 Å². The number of nitrogen functional groups attached to an aromatic ring is 1. The van der Waals surface area contributed by atoms with Gasteiger partial charge in [0.15, 0.2) is 5.13 Å². The quantitative estimate of drug-likeness (QED) is 0.946. The molecule has 21 heavy (non-hydrogen) atoms. The Morgan fingerprint density at radius 3 is 2.95 bits per heavy atom. The summed E-state index contributed by atoms with van der Waals surface area (Å²) in [5.74, 6) is 0. The van der Waals surface area contributed by atoms with Gasteiger partial charge < -0.3 is 5.73 Å². The van der Waals surface area contributed by atoms with Crippen LogP contribution in [0.5, 0.6) is 0 Å². The Morgan fingerprint density at radius 1 is 1.24 bits per heavy atom. The number of nitrogens with two attached hydrogens (primary N) is 1. The van der Waals surface area contributed by atoms with Gasteiger partial charge in [-0.1, -0.05) is 17.4 Å². The molecule has 0 bridgehead atoms. The van der Waals surface area contributed by atoms with E-state index in [4.69, 9.17) is 5.73 Å². The summed E-state index contributed by atoms with van der Waals surface area (Å²) in [7, 11) is 0. The van der Waals surface area contributed by atoms with Gasteiger partial charge in [-0.05, 0) is 50.0 Å². The SMILES string of the molecule is Nc1nc2ccc(CN3CCC(N4CCCC4)C3)cc2s1. The number of likely N-dealkylation sites (tertiary alicyclic amines) is 2. The van der Waals surface area contributed by atoms with E-state index in [9.17, 15) is 0 Å². The molecular weight excluding hydrogens is 280 g/mol. The molecule has 2 aromatic rings. The standard InChI is InChI=1S/C16H22N4S/c17-16-18-14-4-3-12(9-15(14)21-16)10-19-8-5-13(11-19)20-6-1-2-7-20/h3-4,9,13H,1-2,5-8,10-11H2,(H2,17,18). The molecule has 0 saturated carbocycles. The van der Waals surface area contributed by atoms with E-state index in [1.54, 1.807) is 11.3 Å². The molecule has 5 heteroatoms. The molecule has 1 aromatic heterocycles. The smallest absolute Gasteiger partial charge is 0.181 e. The minimum Gasteiger partial charge on any atom is -0.375 e. The van der Waals surface area contributed by atoms with Gasteiger partial charge in [-0.15, -0.1) is 0 Å². The van der Waals surface area contributed by atoms with E-state index in [1.807, 2.05) is 0 Å². The molecule has 3 heterocycles. The molecule has 4 rings (SSSR count). The molecule has 0 amide bonds. The lowest BCUT2D eigenvalue weighted by Gasteiger charge is -2.23. The van der Waals surface area contributed by atoms with Gasteiger partial charge in [0.05, 0.1) is 10.2 Å². The van der Waals surface area contributed by atoms with Crippen LogP contribution in [0.2, 0.25) is 0 Å². The molecule has 2 aliphatic heterocycles. The fourth-order valence-corrected chi connectivity index (χ4v) is 4.50. The number of anilines is 1. The molecule has 4 nitrogen and oxygen atoms in total. The van der Waals surface area contributed by atoms with Crippen LogP contribution in [0.3, 0.4) is 0 Å². The second kappa shape index (κ2) is 5.55. The summed E-state index contributed by atoms with van der Waals surface area (Å²) in [6.07, 6.45) is 4.11. The highest BCUT2D eigenvalue weighted by Gasteiger charge is 2.29. The maximum Gasteiger partial charge on any atom is 0.181 e. The molecule has 2 fully saturated rings. The van der Waals surface area contributed by atoms with Crippen molar-refractivity contribution in [2.45, 2.75) is 31.8 Å². The predicted octanol–water partition coefficient (Wildman–Crippen LogP) is 2.55. The monoisotopic (exact) mass is 302 g/mol. The van der Waals surface area contributed by atoms with Crippen LogP contribution in [-0.2, 0) is 6.54 Å². The number of hydrogen-bond acceptors (Lipinski definition) is 5. The van der Waals surface area contributed by atoms with Crippen LogP contribution in [-0.4, -0.2) is 47.0 Å². The topological polar surface area (TPSA) is 45.4 Å². The van der Waals surface area contributed by atoms with E-state index in [1.165, 1.54) is 55.7 Å². The fraction of sp³-hybridized carbons (Fsp3) is 0.562. The molecular formula is C16H22N4S. The van der Waals surface area contributed by atoms with Crippen molar-refractivity contribution in [3.8, 4) is 0 Å². The zero-order valence-corrected chi connectivity index (χ0v) is 13.1. The average molecular weight is 302 g/mol. The lowest BCUT2D eigenvalue weighted by atomic mass is 10.2. The summed E-state index contributed by atoms with van der Waals surface area (Å²) in [6.45, 7) is 6.13. The van der Waals surface area contributed by atoms with Crippen LogP contribution in [0.4, 0.5) is 5.13 Å². The van der Waals surface area contributed by atoms with Gasteiger partial charge in [0.25, 0.3) is 0 Å². The van der Waals surface area contributed by atoms with Crippen molar-refractivity contribution in [1.82, 2.24) is 14.8 Å². The van der Waals surface area contributed by atoms with Crippen LogP contribution in [0.1, 0.15) is 24.8 Å². The van der Waals surface area contributed by atoms with E-state index in [-0.39, 0.29) is 0 Å². The largest absolute Gasteiger partial charge is 0.375 e. The zero-order chi connectivity index (χ0) is 14.2. The first-order valence-corrected chi connectivity index (χ1v) is 8.71. The Hall–Kier alpha value is -1.17. The number of rotatable bonds is 3. The van der Waals surface area contributed by atoms with Crippen molar-refractivity contribution < 1.29 is 0 Å². The summed E-state index contributed by atoms with van der Waals surface area (Å²) >= 11 is 1.59. The van der Waals surface area contributed by atoms with Gasteiger partial charge >= 0.3 is 0 Å². The lowest BCUT2D eigenvalue weighted by molar-refractivity contribution is 0.230. The maximum absolute atomic E-state index is 5.78. The summed E-state index contributed by atoms with van der Waals surface area (Å²) in [5, 5.41) is 0.664. The maximum atomic E-state index is 5.78. The number of thiazole rings is 1. The van der Waals surface area contributed by atoms with Gasteiger partial charge in [0.1, 0.15) is 0 Å². The lowest BCUT2D eigenvalue weighted by Crippen LogP contribution is -2.35. The fourth-order valence-electron chi connectivity index (χ4n) is 3.70. The van der Waals surface area contributed by atoms with Crippen LogP contribution >= 0.6 is 11.3 Å². The van der Waals surface area contributed by atoms with Crippen LogP contribution in [0.25, 0.3) is 10.2 Å². The third kappa shape index (κ3) is 2.78. The number of hydrogen-bond donors (Lipinski definition) is 1. The van der Waals surface area contributed by atoms with Gasteiger partial charge in [-0.2, -0.15) is 0 Å². The molecule has 112 valence electrons. The third-order valence-electron chi connectivity index (χ3n) is 4.78. The Morgan fingerprint density at radius 2 is 2.10 bits per heavy atom. The molecule has 1 unspecified atom stereocenters. The first kappa shape index (κ1) is 13.5. The van der Waals surface area contributed by atoms with E-state index in [0.29, 0.717) is 5.13 Å². The zero-order valence-electron chi connectivity index (χ0n) is 12.3. The molecule has 2 saturated heterocycles. The molecule has 2 aliphatic rings.